The molecule has 6 bridgehead atoms. The molecule has 4 saturated carbocycles. The number of hydrogen-bond acceptors (Lipinski definition) is 6. The lowest BCUT2D eigenvalue weighted by Crippen LogP contribution is -2.64. The highest BCUT2D eigenvalue weighted by atomic mass is 32.2. The molecule has 3 aliphatic heterocycles. The molecule has 3 heterocycles. The summed E-state index contributed by atoms with van der Waals surface area (Å²) in [7, 11) is -3.14. The van der Waals surface area contributed by atoms with Crippen molar-refractivity contribution in [3.63, 3.8) is 0 Å². The van der Waals surface area contributed by atoms with Crippen molar-refractivity contribution in [1.82, 2.24) is 14.5 Å². The van der Waals surface area contributed by atoms with Crippen LogP contribution in [0.25, 0.3) is 0 Å². The lowest BCUT2D eigenvalue weighted by atomic mass is 9.47. The van der Waals surface area contributed by atoms with Gasteiger partial charge in [-0.15, -0.1) is 0 Å². The van der Waals surface area contributed by atoms with Gasteiger partial charge in [-0.1, -0.05) is 0 Å². The maximum Gasteiger partial charge on any atom is 0.318 e. The molecule has 8 rings (SSSR count). The van der Waals surface area contributed by atoms with Crippen molar-refractivity contribution in [3.05, 3.63) is 24.3 Å². The lowest BCUT2D eigenvalue weighted by Gasteiger charge is -2.59. The molecule has 4 aliphatic carbocycles. The number of carbonyl (C=O) groups is 2. The van der Waals surface area contributed by atoms with Crippen LogP contribution in [0.15, 0.2) is 24.3 Å². The van der Waals surface area contributed by atoms with Crippen LogP contribution in [0.1, 0.15) is 57.8 Å². The van der Waals surface area contributed by atoms with Gasteiger partial charge in [-0.2, -0.15) is 4.31 Å². The standard InChI is InChI=1S/C31H45N5O5S/c1-42(39,40)35-10-8-34(9-11-35)24-4-6-27(7-5-24)41-19-21-14-25-2-3-26(15-21)36(25)30(38)33-28-22-12-20-13-23(28)18-31(16-20,17-22)29(32)37/h4-7,20-23,25-26,28H,2-3,8-19H2,1H3,(H2,32,37)(H,33,38)/t20?,21?,22-,23+,25?,26?,28?,31?. The Morgan fingerprint density at radius 3 is 2.14 bits per heavy atom. The van der Waals surface area contributed by atoms with Crippen LogP contribution in [-0.4, -0.2) is 86.7 Å². The summed E-state index contributed by atoms with van der Waals surface area (Å²) in [5, 5.41) is 3.47. The number of rotatable bonds is 7. The summed E-state index contributed by atoms with van der Waals surface area (Å²) in [6, 6.07) is 8.91. The number of anilines is 1. The van der Waals surface area contributed by atoms with Crippen LogP contribution in [-0.2, 0) is 14.8 Å². The molecule has 1 aromatic carbocycles. The number of nitrogens with zero attached hydrogens (tertiary/aromatic N) is 3. The number of nitrogens with one attached hydrogen (secondary N) is 1. The maximum atomic E-state index is 13.6. The van der Waals surface area contributed by atoms with Gasteiger partial charge in [0.15, 0.2) is 0 Å². The summed E-state index contributed by atoms with van der Waals surface area (Å²) >= 11 is 0. The zero-order valence-electron chi connectivity index (χ0n) is 24.6. The highest BCUT2D eigenvalue weighted by Gasteiger charge is 2.58. The summed E-state index contributed by atoms with van der Waals surface area (Å²) in [6.07, 6.45) is 10.2. The number of benzene rings is 1. The van der Waals surface area contributed by atoms with Crippen molar-refractivity contribution in [2.24, 2.45) is 34.8 Å². The van der Waals surface area contributed by atoms with Crippen molar-refractivity contribution in [3.8, 4) is 5.75 Å². The van der Waals surface area contributed by atoms with Crippen LogP contribution < -0.4 is 20.7 Å². The number of piperidine rings is 1. The van der Waals surface area contributed by atoms with E-state index >= 15 is 0 Å². The van der Waals surface area contributed by atoms with Gasteiger partial charge in [-0.05, 0) is 106 Å². The molecule has 7 fully saturated rings. The number of urea groups is 1. The quantitative estimate of drug-likeness (QED) is 0.497. The number of fused-ring (bicyclic) bond motifs is 2. The Morgan fingerprint density at radius 1 is 0.952 bits per heavy atom. The highest BCUT2D eigenvalue weighted by Crippen LogP contribution is 2.60. The molecule has 3 saturated heterocycles. The van der Waals surface area contributed by atoms with Crippen LogP contribution >= 0.6 is 0 Å². The Balaban J connectivity index is 0.901. The predicted octanol–water partition coefficient (Wildman–Crippen LogP) is 2.78. The topological polar surface area (TPSA) is 125 Å². The third kappa shape index (κ3) is 5.14. The normalized spacial score (nSPS) is 37.6. The van der Waals surface area contributed by atoms with E-state index in [4.69, 9.17) is 10.5 Å². The third-order valence-electron chi connectivity index (χ3n) is 11.5. The van der Waals surface area contributed by atoms with E-state index in [0.717, 1.165) is 69.2 Å². The van der Waals surface area contributed by atoms with Crippen LogP contribution in [0.4, 0.5) is 10.5 Å². The molecule has 0 spiro atoms. The Morgan fingerprint density at radius 2 is 1.57 bits per heavy atom. The lowest BCUT2D eigenvalue weighted by molar-refractivity contribution is -0.145. The zero-order valence-corrected chi connectivity index (χ0v) is 25.4. The Hall–Kier alpha value is -2.53. The van der Waals surface area contributed by atoms with Gasteiger partial charge >= 0.3 is 6.03 Å². The van der Waals surface area contributed by atoms with Crippen molar-refractivity contribution in [1.29, 1.82) is 0 Å². The molecular formula is C31H45N5O5S. The smallest absolute Gasteiger partial charge is 0.318 e. The first-order valence-corrected chi connectivity index (χ1v) is 17.7. The number of nitrogens with two attached hydrogens (primary N) is 1. The molecule has 1 aromatic rings. The molecule has 7 atom stereocenters. The Kier molecular flexibility index (Phi) is 7.11. The van der Waals surface area contributed by atoms with Gasteiger partial charge in [0, 0.05) is 55.4 Å². The Bertz CT molecular complexity index is 1280. The van der Waals surface area contributed by atoms with Crippen molar-refractivity contribution < 1.29 is 22.7 Å². The highest BCUT2D eigenvalue weighted by molar-refractivity contribution is 7.88. The predicted molar refractivity (Wildman–Crippen MR) is 159 cm³/mol. The summed E-state index contributed by atoms with van der Waals surface area (Å²) < 4.78 is 31.3. The first-order valence-electron chi connectivity index (χ1n) is 15.9. The molecule has 0 radical (unpaired) electrons. The van der Waals surface area contributed by atoms with E-state index < -0.39 is 10.0 Å². The molecule has 10 nitrogen and oxygen atoms in total. The fourth-order valence-electron chi connectivity index (χ4n) is 9.78. The third-order valence-corrected chi connectivity index (χ3v) is 12.8. The molecule has 42 heavy (non-hydrogen) atoms. The summed E-state index contributed by atoms with van der Waals surface area (Å²) in [4.78, 5) is 30.3. The first kappa shape index (κ1) is 28.3. The molecule has 11 heteroatoms. The minimum atomic E-state index is -3.14. The fraction of sp³-hybridized carbons (Fsp3) is 0.742. The van der Waals surface area contributed by atoms with Gasteiger partial charge in [0.1, 0.15) is 5.75 Å². The second-order valence-electron chi connectivity index (χ2n) is 14.2. The van der Waals surface area contributed by atoms with E-state index in [1.54, 1.807) is 0 Å². The van der Waals surface area contributed by atoms with Crippen molar-refractivity contribution in [2.75, 3.05) is 43.9 Å². The number of carbonyl (C=O) groups excluding carboxylic acids is 2. The van der Waals surface area contributed by atoms with Crippen LogP contribution in [0.3, 0.4) is 0 Å². The number of ether oxygens (including phenoxy) is 1. The maximum absolute atomic E-state index is 13.6. The minimum Gasteiger partial charge on any atom is -0.493 e. The molecule has 3 N–H and O–H groups in total. The number of primary amides is 1. The molecule has 7 aliphatic rings. The van der Waals surface area contributed by atoms with Crippen molar-refractivity contribution in [2.45, 2.75) is 75.9 Å². The van der Waals surface area contributed by atoms with E-state index in [2.05, 4.69) is 27.2 Å². The zero-order chi connectivity index (χ0) is 29.2. The van der Waals surface area contributed by atoms with E-state index in [0.29, 0.717) is 56.5 Å². The van der Waals surface area contributed by atoms with Crippen LogP contribution in [0, 0.1) is 29.1 Å². The first-order chi connectivity index (χ1) is 20.1. The van der Waals surface area contributed by atoms with Gasteiger partial charge in [0.05, 0.1) is 12.9 Å². The molecule has 5 unspecified atom stereocenters. The molecular weight excluding hydrogens is 554 g/mol. The van der Waals surface area contributed by atoms with Crippen LogP contribution in [0.2, 0.25) is 0 Å². The Labute approximate surface area is 249 Å². The minimum absolute atomic E-state index is 0.0976. The summed E-state index contributed by atoms with van der Waals surface area (Å²) in [5.74, 6) is 2.47. The van der Waals surface area contributed by atoms with Gasteiger partial charge in [-0.3, -0.25) is 4.79 Å². The molecule has 3 amide bonds. The largest absolute Gasteiger partial charge is 0.493 e. The average molecular weight is 600 g/mol. The van der Waals surface area contributed by atoms with E-state index in [1.165, 1.54) is 10.6 Å². The second-order valence-corrected chi connectivity index (χ2v) is 16.2. The molecule has 230 valence electrons. The number of amides is 3. The molecule has 0 aromatic heterocycles. The fourth-order valence-corrected chi connectivity index (χ4v) is 10.6. The monoisotopic (exact) mass is 599 g/mol. The van der Waals surface area contributed by atoms with Gasteiger partial charge in [0.25, 0.3) is 0 Å². The van der Waals surface area contributed by atoms with E-state index in [-0.39, 0.29) is 35.5 Å². The van der Waals surface area contributed by atoms with Gasteiger partial charge in [-0.25, -0.2) is 13.2 Å². The van der Waals surface area contributed by atoms with Crippen molar-refractivity contribution >= 4 is 27.6 Å². The van der Waals surface area contributed by atoms with E-state index in [9.17, 15) is 18.0 Å². The summed E-state index contributed by atoms with van der Waals surface area (Å²) in [5.41, 5.74) is 6.62. The number of hydrogen-bond donors (Lipinski definition) is 2. The van der Waals surface area contributed by atoms with E-state index in [1.807, 2.05) is 12.1 Å². The number of sulfonamides is 1. The van der Waals surface area contributed by atoms with Gasteiger partial charge in [0.2, 0.25) is 15.9 Å². The summed E-state index contributed by atoms with van der Waals surface area (Å²) in [6.45, 7) is 3.03. The average Bonchev–Trinajstić information content (AvgIpc) is 3.23. The number of piperazine rings is 1. The van der Waals surface area contributed by atoms with Crippen LogP contribution in [0.5, 0.6) is 5.75 Å². The second kappa shape index (κ2) is 10.6. The van der Waals surface area contributed by atoms with Gasteiger partial charge < -0.3 is 25.6 Å². The SMILES string of the molecule is CS(=O)(=O)N1CCN(c2ccc(OCC3CC4CCC(C3)N4C(=O)NC3[C@@H]4CC5C[C@H]3CC(C(N)=O)(C5)C4)cc2)CC1.